The van der Waals surface area contributed by atoms with Crippen LogP contribution >= 0.6 is 23.2 Å². The SMILES string of the molecule is CN=C(NC)NC(=O)c1cc2c(Cl)cc(Cl)cc2[nH]1. The van der Waals surface area contributed by atoms with Crippen molar-refractivity contribution in [2.45, 2.75) is 0 Å². The number of H-pyrrole nitrogens is 1. The summed E-state index contributed by atoms with van der Waals surface area (Å²) in [6.07, 6.45) is 0. The van der Waals surface area contributed by atoms with Crippen LogP contribution in [0.5, 0.6) is 0 Å². The molecule has 7 heteroatoms. The topological polar surface area (TPSA) is 69.3 Å². The Morgan fingerprint density at radius 3 is 2.68 bits per heavy atom. The maximum absolute atomic E-state index is 12.0. The van der Waals surface area contributed by atoms with E-state index in [-0.39, 0.29) is 5.91 Å². The van der Waals surface area contributed by atoms with Gasteiger partial charge in [-0.1, -0.05) is 23.2 Å². The monoisotopic (exact) mass is 298 g/mol. The zero-order chi connectivity index (χ0) is 14.0. The van der Waals surface area contributed by atoms with Gasteiger partial charge in [-0.25, -0.2) is 0 Å². The number of nitrogens with zero attached hydrogens (tertiary/aromatic N) is 1. The third-order valence-corrected chi connectivity index (χ3v) is 3.12. The number of nitrogens with one attached hydrogen (secondary N) is 3. The second-order valence-electron chi connectivity index (χ2n) is 3.81. The van der Waals surface area contributed by atoms with Gasteiger partial charge < -0.3 is 10.3 Å². The number of aliphatic imine (C=N–C) groups is 1. The molecule has 0 radical (unpaired) electrons. The molecule has 1 heterocycles. The molecule has 19 heavy (non-hydrogen) atoms. The van der Waals surface area contributed by atoms with Crippen molar-refractivity contribution in [2.75, 3.05) is 14.1 Å². The van der Waals surface area contributed by atoms with Crippen LogP contribution in [0.4, 0.5) is 0 Å². The third kappa shape index (κ3) is 2.83. The molecule has 3 N–H and O–H groups in total. The van der Waals surface area contributed by atoms with Gasteiger partial charge in [-0.3, -0.25) is 15.1 Å². The lowest BCUT2D eigenvalue weighted by atomic mass is 10.2. The first-order chi connectivity index (χ1) is 9.05. The number of guanidine groups is 1. The maximum Gasteiger partial charge on any atom is 0.274 e. The van der Waals surface area contributed by atoms with Crippen LogP contribution in [0.3, 0.4) is 0 Å². The fraction of sp³-hybridized carbons (Fsp3) is 0.167. The molecule has 2 rings (SSSR count). The van der Waals surface area contributed by atoms with Crippen LogP contribution in [-0.4, -0.2) is 30.9 Å². The molecular formula is C12H12Cl2N4O. The zero-order valence-corrected chi connectivity index (χ0v) is 11.9. The highest BCUT2D eigenvalue weighted by atomic mass is 35.5. The van der Waals surface area contributed by atoms with E-state index in [1.165, 1.54) is 0 Å². The van der Waals surface area contributed by atoms with Gasteiger partial charge in [-0.15, -0.1) is 0 Å². The summed E-state index contributed by atoms with van der Waals surface area (Å²) < 4.78 is 0. The maximum atomic E-state index is 12.0. The van der Waals surface area contributed by atoms with Gasteiger partial charge in [0.15, 0.2) is 5.96 Å². The molecule has 100 valence electrons. The van der Waals surface area contributed by atoms with E-state index in [4.69, 9.17) is 23.2 Å². The lowest BCUT2D eigenvalue weighted by Gasteiger charge is -2.05. The van der Waals surface area contributed by atoms with Gasteiger partial charge in [0.1, 0.15) is 5.69 Å². The average molecular weight is 299 g/mol. The number of carbonyl (C=O) groups is 1. The summed E-state index contributed by atoms with van der Waals surface area (Å²) >= 11 is 12.0. The van der Waals surface area contributed by atoms with E-state index in [0.29, 0.717) is 27.2 Å². The normalized spacial score (nSPS) is 11.7. The Bertz CT molecular complexity index is 663. The van der Waals surface area contributed by atoms with E-state index in [1.54, 1.807) is 32.3 Å². The Kier molecular flexibility index (Phi) is 3.97. The molecule has 5 nitrogen and oxygen atoms in total. The standard InChI is InChI=1S/C12H12Cl2N4O/c1-15-12(16-2)18-11(19)10-5-7-8(14)3-6(13)4-9(7)17-10/h3-5,17H,1-2H3,(H2,15,16,18,19). The highest BCUT2D eigenvalue weighted by molar-refractivity contribution is 6.38. The van der Waals surface area contributed by atoms with E-state index >= 15 is 0 Å². The molecule has 2 aromatic rings. The number of fused-ring (bicyclic) bond motifs is 1. The summed E-state index contributed by atoms with van der Waals surface area (Å²) in [5.41, 5.74) is 1.10. The fourth-order valence-electron chi connectivity index (χ4n) is 1.69. The number of amides is 1. The summed E-state index contributed by atoms with van der Waals surface area (Å²) in [5.74, 6) is 0.0751. The van der Waals surface area contributed by atoms with Crippen LogP contribution in [0.2, 0.25) is 10.0 Å². The van der Waals surface area contributed by atoms with Crippen molar-refractivity contribution in [3.63, 3.8) is 0 Å². The summed E-state index contributed by atoms with van der Waals surface area (Å²) in [4.78, 5) is 18.8. The van der Waals surface area contributed by atoms with Gasteiger partial charge >= 0.3 is 0 Å². The van der Waals surface area contributed by atoms with Gasteiger partial charge in [0.2, 0.25) is 0 Å². The van der Waals surface area contributed by atoms with Crippen LogP contribution in [0.25, 0.3) is 10.9 Å². The van der Waals surface area contributed by atoms with Crippen molar-refractivity contribution in [2.24, 2.45) is 4.99 Å². The molecule has 0 bridgehead atoms. The number of aromatic amines is 1. The Morgan fingerprint density at radius 1 is 1.32 bits per heavy atom. The van der Waals surface area contributed by atoms with Crippen LogP contribution in [0.1, 0.15) is 10.5 Å². The number of carbonyl (C=O) groups excluding carboxylic acids is 1. The first-order valence-electron chi connectivity index (χ1n) is 5.48. The van der Waals surface area contributed by atoms with Crippen molar-refractivity contribution in [3.8, 4) is 0 Å². The van der Waals surface area contributed by atoms with Crippen LogP contribution in [-0.2, 0) is 0 Å². The molecule has 1 aromatic heterocycles. The summed E-state index contributed by atoms with van der Waals surface area (Å²) in [6.45, 7) is 0. The van der Waals surface area contributed by atoms with Crippen molar-refractivity contribution >= 4 is 46.0 Å². The van der Waals surface area contributed by atoms with Gasteiger partial charge in [0.05, 0.1) is 5.02 Å². The van der Waals surface area contributed by atoms with E-state index in [1.807, 2.05) is 0 Å². The summed E-state index contributed by atoms with van der Waals surface area (Å²) in [7, 11) is 3.25. The first kappa shape index (κ1) is 13.7. The number of rotatable bonds is 1. The van der Waals surface area contributed by atoms with Crippen LogP contribution in [0.15, 0.2) is 23.2 Å². The number of aromatic nitrogens is 1. The number of benzene rings is 1. The summed E-state index contributed by atoms with van der Waals surface area (Å²) in [6, 6.07) is 5.02. The minimum atomic E-state index is -0.307. The lowest BCUT2D eigenvalue weighted by molar-refractivity contribution is 0.0972. The predicted molar refractivity (Wildman–Crippen MR) is 78.2 cm³/mol. The molecule has 0 unspecified atom stereocenters. The van der Waals surface area contributed by atoms with Gasteiger partial charge in [0.25, 0.3) is 5.91 Å². The molecule has 0 fully saturated rings. The molecule has 0 spiro atoms. The Morgan fingerprint density at radius 2 is 2.05 bits per heavy atom. The molecule has 0 atom stereocenters. The van der Waals surface area contributed by atoms with Gasteiger partial charge in [0, 0.05) is 30.0 Å². The van der Waals surface area contributed by atoms with Crippen molar-refractivity contribution in [1.82, 2.24) is 15.6 Å². The van der Waals surface area contributed by atoms with Crippen molar-refractivity contribution in [3.05, 3.63) is 33.9 Å². The van der Waals surface area contributed by atoms with E-state index in [0.717, 1.165) is 5.39 Å². The Labute approximate surface area is 120 Å². The second-order valence-corrected chi connectivity index (χ2v) is 4.65. The zero-order valence-electron chi connectivity index (χ0n) is 10.3. The highest BCUT2D eigenvalue weighted by Crippen LogP contribution is 2.28. The minimum absolute atomic E-state index is 0.307. The highest BCUT2D eigenvalue weighted by Gasteiger charge is 2.13. The van der Waals surface area contributed by atoms with Crippen molar-refractivity contribution < 1.29 is 4.79 Å². The Hall–Kier alpha value is -1.72. The molecule has 0 saturated heterocycles. The van der Waals surface area contributed by atoms with Crippen LogP contribution < -0.4 is 10.6 Å². The molecule has 1 amide bonds. The average Bonchev–Trinajstić information content (AvgIpc) is 2.79. The molecule has 0 saturated carbocycles. The minimum Gasteiger partial charge on any atom is -0.359 e. The fourth-order valence-corrected chi connectivity index (χ4v) is 2.24. The summed E-state index contributed by atoms with van der Waals surface area (Å²) in [5, 5.41) is 7.14. The predicted octanol–water partition coefficient (Wildman–Crippen LogP) is 2.41. The third-order valence-electron chi connectivity index (χ3n) is 2.59. The van der Waals surface area contributed by atoms with Crippen LogP contribution in [0, 0.1) is 0 Å². The smallest absolute Gasteiger partial charge is 0.274 e. The van der Waals surface area contributed by atoms with Gasteiger partial charge in [-0.05, 0) is 18.2 Å². The molecular weight excluding hydrogens is 287 g/mol. The largest absolute Gasteiger partial charge is 0.359 e. The van der Waals surface area contributed by atoms with E-state index in [9.17, 15) is 4.79 Å². The Balaban J connectivity index is 2.36. The van der Waals surface area contributed by atoms with E-state index in [2.05, 4.69) is 20.6 Å². The number of hydrogen-bond acceptors (Lipinski definition) is 2. The lowest BCUT2D eigenvalue weighted by Crippen LogP contribution is -2.39. The number of halogens is 2. The van der Waals surface area contributed by atoms with E-state index < -0.39 is 0 Å². The number of hydrogen-bond donors (Lipinski definition) is 3. The quantitative estimate of drug-likeness (QED) is 0.559. The molecule has 0 aliphatic heterocycles. The molecule has 0 aliphatic carbocycles. The second kappa shape index (κ2) is 5.50. The van der Waals surface area contributed by atoms with Crippen molar-refractivity contribution in [1.29, 1.82) is 0 Å². The molecule has 0 aliphatic rings. The molecule has 1 aromatic carbocycles. The first-order valence-corrected chi connectivity index (χ1v) is 6.24. The van der Waals surface area contributed by atoms with Gasteiger partial charge in [-0.2, -0.15) is 0 Å².